The van der Waals surface area contributed by atoms with Gasteiger partial charge in [-0.1, -0.05) is 24.4 Å². The minimum atomic E-state index is -4.36. The Balaban J connectivity index is 1.85. The largest absolute Gasteiger partial charge is 0.393 e. The minimum absolute atomic E-state index is 0.00221. The van der Waals surface area contributed by atoms with Crippen LogP contribution < -0.4 is 0 Å². The number of nitrogens with zero attached hydrogens (tertiary/aromatic N) is 2. The summed E-state index contributed by atoms with van der Waals surface area (Å²) in [4.78, 5) is 13.8. The molecule has 3 rings (SSSR count). The minimum Gasteiger partial charge on any atom is -0.338 e. The van der Waals surface area contributed by atoms with E-state index in [2.05, 4.69) is 0 Å². The second kappa shape index (κ2) is 8.81. The van der Waals surface area contributed by atoms with Gasteiger partial charge >= 0.3 is 6.18 Å². The van der Waals surface area contributed by atoms with E-state index in [-0.39, 0.29) is 34.9 Å². The summed E-state index contributed by atoms with van der Waals surface area (Å²) in [6, 6.07) is 3.89. The second-order valence-corrected chi connectivity index (χ2v) is 9.91. The van der Waals surface area contributed by atoms with Crippen LogP contribution in [0.2, 0.25) is 5.02 Å². The fourth-order valence-corrected chi connectivity index (χ4v) is 5.88. The first-order valence-corrected chi connectivity index (χ1v) is 11.6. The molecule has 162 valence electrons. The molecule has 0 radical (unpaired) electrons. The van der Waals surface area contributed by atoms with Crippen LogP contribution in [0.25, 0.3) is 0 Å². The average Bonchev–Trinajstić information content (AvgIpc) is 2.97. The van der Waals surface area contributed by atoms with Crippen molar-refractivity contribution in [3.05, 3.63) is 28.8 Å². The summed E-state index contributed by atoms with van der Waals surface area (Å²) in [5.74, 6) is -2.17. The van der Waals surface area contributed by atoms with Crippen LogP contribution in [0.15, 0.2) is 23.1 Å². The predicted molar refractivity (Wildman–Crippen MR) is 103 cm³/mol. The molecule has 1 aromatic carbocycles. The van der Waals surface area contributed by atoms with Crippen molar-refractivity contribution in [2.45, 2.75) is 49.6 Å². The summed E-state index contributed by atoms with van der Waals surface area (Å²) < 4.78 is 66.7. The van der Waals surface area contributed by atoms with E-state index in [9.17, 15) is 26.4 Å². The fraction of sp³-hybridized carbons (Fsp3) is 0.632. The van der Waals surface area contributed by atoms with Crippen LogP contribution in [0.1, 0.15) is 48.9 Å². The van der Waals surface area contributed by atoms with Gasteiger partial charge in [0, 0.05) is 31.7 Å². The summed E-state index contributed by atoms with van der Waals surface area (Å²) in [6.07, 6.45) is -0.712. The first-order chi connectivity index (χ1) is 13.6. The SMILES string of the molecule is O=C(c1ccc(Cl)c(S(=O)(=O)N2CCCCCC2)c1)N1CCC[C@H](C(F)(F)F)C1. The molecule has 2 aliphatic heterocycles. The highest BCUT2D eigenvalue weighted by molar-refractivity contribution is 7.89. The molecule has 0 bridgehead atoms. The number of alkyl halides is 3. The molecule has 2 aliphatic rings. The van der Waals surface area contributed by atoms with Crippen LogP contribution >= 0.6 is 11.6 Å². The Bertz CT molecular complexity index is 853. The first-order valence-electron chi connectivity index (χ1n) is 9.76. The number of piperidine rings is 1. The van der Waals surface area contributed by atoms with E-state index in [1.807, 2.05) is 0 Å². The lowest BCUT2D eigenvalue weighted by Crippen LogP contribution is -2.44. The molecule has 10 heteroatoms. The van der Waals surface area contributed by atoms with E-state index in [4.69, 9.17) is 11.6 Å². The molecule has 0 aromatic heterocycles. The van der Waals surface area contributed by atoms with Crippen molar-refractivity contribution in [1.29, 1.82) is 0 Å². The van der Waals surface area contributed by atoms with E-state index in [0.717, 1.165) is 30.6 Å². The number of carbonyl (C=O) groups is 1. The number of halogens is 4. The number of sulfonamides is 1. The van der Waals surface area contributed by atoms with Gasteiger partial charge in [0.2, 0.25) is 10.0 Å². The molecule has 5 nitrogen and oxygen atoms in total. The smallest absolute Gasteiger partial charge is 0.338 e. The molecule has 1 amide bonds. The van der Waals surface area contributed by atoms with Crippen molar-refractivity contribution >= 4 is 27.5 Å². The van der Waals surface area contributed by atoms with Gasteiger partial charge in [-0.2, -0.15) is 17.5 Å². The Morgan fingerprint density at radius 1 is 1.03 bits per heavy atom. The molecule has 29 heavy (non-hydrogen) atoms. The quantitative estimate of drug-likeness (QED) is 0.686. The molecule has 0 aliphatic carbocycles. The van der Waals surface area contributed by atoms with E-state index in [1.54, 1.807) is 0 Å². The van der Waals surface area contributed by atoms with Gasteiger partial charge in [-0.05, 0) is 43.9 Å². The fourth-order valence-electron chi connectivity index (χ4n) is 3.87. The normalized spacial score (nSPS) is 22.3. The third kappa shape index (κ3) is 5.06. The number of carbonyl (C=O) groups excluding carboxylic acids is 1. The van der Waals surface area contributed by atoms with Gasteiger partial charge in [0.25, 0.3) is 5.91 Å². The Morgan fingerprint density at radius 2 is 1.69 bits per heavy atom. The van der Waals surface area contributed by atoms with Crippen molar-refractivity contribution in [1.82, 2.24) is 9.21 Å². The lowest BCUT2D eigenvalue weighted by Gasteiger charge is -2.33. The molecule has 1 atom stereocenters. The van der Waals surface area contributed by atoms with Crippen LogP contribution in [0, 0.1) is 5.92 Å². The highest BCUT2D eigenvalue weighted by Gasteiger charge is 2.43. The summed E-state index contributed by atoms with van der Waals surface area (Å²) in [5, 5.41) is -0.00221. The van der Waals surface area contributed by atoms with Gasteiger partial charge in [-0.3, -0.25) is 4.79 Å². The van der Waals surface area contributed by atoms with Gasteiger partial charge < -0.3 is 4.90 Å². The maximum Gasteiger partial charge on any atom is 0.393 e. The van der Waals surface area contributed by atoms with Gasteiger partial charge in [0.05, 0.1) is 10.9 Å². The van der Waals surface area contributed by atoms with Gasteiger partial charge in [-0.15, -0.1) is 0 Å². The van der Waals surface area contributed by atoms with Crippen molar-refractivity contribution < 1.29 is 26.4 Å². The lowest BCUT2D eigenvalue weighted by molar-refractivity contribution is -0.184. The standard InChI is InChI=1S/C19H24ClF3N2O3S/c20-16-8-7-14(18(26)24-9-5-6-15(13-24)19(21,22)23)12-17(16)29(27,28)25-10-3-1-2-4-11-25/h7-8,12,15H,1-6,9-11,13H2/t15-/m0/s1. The molecule has 2 heterocycles. The summed E-state index contributed by atoms with van der Waals surface area (Å²) in [5.41, 5.74) is 0.0330. The molecule has 2 fully saturated rings. The second-order valence-electron chi connectivity index (χ2n) is 7.60. The van der Waals surface area contributed by atoms with Crippen molar-refractivity contribution in [2.75, 3.05) is 26.2 Å². The number of benzene rings is 1. The molecule has 1 aromatic rings. The van der Waals surface area contributed by atoms with Crippen LogP contribution in [-0.4, -0.2) is 55.9 Å². The van der Waals surface area contributed by atoms with Crippen molar-refractivity contribution in [3.63, 3.8) is 0 Å². The van der Waals surface area contributed by atoms with Gasteiger partial charge in [0.1, 0.15) is 4.90 Å². The third-order valence-electron chi connectivity index (χ3n) is 5.53. The maximum absolute atomic E-state index is 13.1. The molecule has 2 saturated heterocycles. The van der Waals surface area contributed by atoms with Crippen LogP contribution in [0.5, 0.6) is 0 Å². The van der Waals surface area contributed by atoms with Crippen LogP contribution in [0.4, 0.5) is 13.2 Å². The molecule has 0 spiro atoms. The van der Waals surface area contributed by atoms with Gasteiger partial charge in [-0.25, -0.2) is 8.42 Å². The summed E-state index contributed by atoms with van der Waals surface area (Å²) >= 11 is 6.13. The Hall–Kier alpha value is -1.32. The van der Waals surface area contributed by atoms with Crippen molar-refractivity contribution in [2.24, 2.45) is 5.92 Å². The molecule has 0 unspecified atom stereocenters. The summed E-state index contributed by atoms with van der Waals surface area (Å²) in [7, 11) is -3.89. The number of rotatable bonds is 3. The zero-order valence-corrected chi connectivity index (χ0v) is 17.5. The number of hydrogen-bond donors (Lipinski definition) is 0. The highest BCUT2D eigenvalue weighted by Crippen LogP contribution is 2.34. The molecular weight excluding hydrogens is 429 g/mol. The molecule has 0 N–H and O–H groups in total. The van der Waals surface area contributed by atoms with E-state index in [0.29, 0.717) is 13.1 Å². The maximum atomic E-state index is 13.1. The van der Waals surface area contributed by atoms with Crippen LogP contribution in [0.3, 0.4) is 0 Å². The predicted octanol–water partition coefficient (Wildman–Crippen LogP) is 4.32. The zero-order valence-electron chi connectivity index (χ0n) is 15.9. The average molecular weight is 453 g/mol. The zero-order chi connectivity index (χ0) is 21.2. The Labute approximate surface area is 173 Å². The topological polar surface area (TPSA) is 57.7 Å². The molecule has 0 saturated carbocycles. The lowest BCUT2D eigenvalue weighted by atomic mass is 9.97. The van der Waals surface area contributed by atoms with Gasteiger partial charge in [0.15, 0.2) is 0 Å². The van der Waals surface area contributed by atoms with E-state index in [1.165, 1.54) is 22.5 Å². The number of amides is 1. The molecular formula is C19H24ClF3N2O3S. The highest BCUT2D eigenvalue weighted by atomic mass is 35.5. The first kappa shape index (κ1) is 22.4. The van der Waals surface area contributed by atoms with Crippen molar-refractivity contribution in [3.8, 4) is 0 Å². The van der Waals surface area contributed by atoms with E-state index >= 15 is 0 Å². The number of likely N-dealkylation sites (tertiary alicyclic amines) is 1. The van der Waals surface area contributed by atoms with E-state index < -0.39 is 34.6 Å². The number of hydrogen-bond acceptors (Lipinski definition) is 3. The Kier molecular flexibility index (Phi) is 6.80. The Morgan fingerprint density at radius 3 is 2.31 bits per heavy atom. The van der Waals surface area contributed by atoms with Crippen LogP contribution in [-0.2, 0) is 10.0 Å². The third-order valence-corrected chi connectivity index (χ3v) is 7.91. The monoisotopic (exact) mass is 452 g/mol. The summed E-state index contributed by atoms with van der Waals surface area (Å²) in [6.45, 7) is 0.563.